The molecule has 1 rings (SSSR count). The minimum atomic E-state index is -4.31. The average Bonchev–Trinajstić information content (AvgIpc) is 2.38. The van der Waals surface area contributed by atoms with Crippen molar-refractivity contribution in [2.45, 2.75) is 32.5 Å². The topological polar surface area (TPSA) is 15.3 Å². The molecule has 0 bridgehead atoms. The Labute approximate surface area is 126 Å². The number of benzene rings is 1. The van der Waals surface area contributed by atoms with E-state index in [-0.39, 0.29) is 0 Å². The van der Waals surface area contributed by atoms with E-state index in [1.807, 2.05) is 7.05 Å². The van der Waals surface area contributed by atoms with Crippen LogP contribution in [0.2, 0.25) is 0 Å². The van der Waals surface area contributed by atoms with Gasteiger partial charge >= 0.3 is 6.18 Å². The number of rotatable bonds is 6. The summed E-state index contributed by atoms with van der Waals surface area (Å²) >= 11 is 3.17. The molecule has 0 saturated heterocycles. The molecule has 1 N–H and O–H groups in total. The van der Waals surface area contributed by atoms with Gasteiger partial charge in [-0.05, 0) is 54.5 Å². The lowest BCUT2D eigenvalue weighted by atomic mass is 10.2. The maximum absolute atomic E-state index is 12.5. The number of hydrogen-bond acceptors (Lipinski definition) is 2. The van der Waals surface area contributed by atoms with Crippen LogP contribution in [-0.2, 0) is 6.18 Å². The lowest BCUT2D eigenvalue weighted by Crippen LogP contribution is -2.32. The number of halogens is 4. The highest BCUT2D eigenvalue weighted by Crippen LogP contribution is 2.33. The first-order valence-electron chi connectivity index (χ1n) is 6.56. The molecule has 0 amide bonds. The second-order valence-electron chi connectivity index (χ2n) is 4.86. The smallest absolute Gasteiger partial charge is 0.383 e. The highest BCUT2D eigenvalue weighted by molar-refractivity contribution is 9.10. The van der Waals surface area contributed by atoms with E-state index in [1.54, 1.807) is 0 Å². The van der Waals surface area contributed by atoms with Crippen LogP contribution in [0.15, 0.2) is 22.7 Å². The Balaban J connectivity index is 2.57. The van der Waals surface area contributed by atoms with Gasteiger partial charge in [0.05, 0.1) is 5.56 Å². The van der Waals surface area contributed by atoms with Gasteiger partial charge in [-0.2, -0.15) is 13.2 Å². The van der Waals surface area contributed by atoms with Gasteiger partial charge in [0.2, 0.25) is 0 Å². The Morgan fingerprint density at radius 1 is 1.35 bits per heavy atom. The molecule has 0 radical (unpaired) electrons. The Hall–Kier alpha value is -0.750. The minimum Gasteiger partial charge on any atom is -0.383 e. The molecule has 0 heterocycles. The van der Waals surface area contributed by atoms with Gasteiger partial charge in [-0.3, -0.25) is 0 Å². The molecule has 0 saturated carbocycles. The SMILES string of the molecule is CCC(C)N(C)CCNc1ccc(C(F)(F)F)cc1Br. The van der Waals surface area contributed by atoms with Gasteiger partial charge in [-0.15, -0.1) is 0 Å². The van der Waals surface area contributed by atoms with Gasteiger partial charge in [0.25, 0.3) is 0 Å². The Morgan fingerprint density at radius 2 is 2.00 bits per heavy atom. The molecule has 0 spiro atoms. The summed E-state index contributed by atoms with van der Waals surface area (Å²) in [5.74, 6) is 0. The zero-order valence-electron chi connectivity index (χ0n) is 11.9. The monoisotopic (exact) mass is 352 g/mol. The molecule has 114 valence electrons. The fourth-order valence-electron chi connectivity index (χ4n) is 1.73. The fourth-order valence-corrected chi connectivity index (χ4v) is 2.25. The summed E-state index contributed by atoms with van der Waals surface area (Å²) in [5, 5.41) is 3.15. The third kappa shape index (κ3) is 4.98. The Kier molecular flexibility index (Phi) is 6.33. The van der Waals surface area contributed by atoms with Crippen LogP contribution in [0.3, 0.4) is 0 Å². The zero-order valence-corrected chi connectivity index (χ0v) is 13.5. The molecule has 1 unspecified atom stereocenters. The molecule has 2 nitrogen and oxygen atoms in total. The van der Waals surface area contributed by atoms with Crippen molar-refractivity contribution < 1.29 is 13.2 Å². The maximum atomic E-state index is 12.5. The molecule has 1 aromatic rings. The third-order valence-electron chi connectivity index (χ3n) is 3.42. The molecule has 1 atom stereocenters. The van der Waals surface area contributed by atoms with E-state index in [1.165, 1.54) is 6.07 Å². The molecule has 0 fully saturated rings. The fraction of sp³-hybridized carbons (Fsp3) is 0.571. The van der Waals surface area contributed by atoms with Gasteiger partial charge in [0.1, 0.15) is 0 Å². The van der Waals surface area contributed by atoms with Crippen LogP contribution in [0.25, 0.3) is 0 Å². The first-order valence-corrected chi connectivity index (χ1v) is 7.35. The maximum Gasteiger partial charge on any atom is 0.416 e. The highest BCUT2D eigenvalue weighted by atomic mass is 79.9. The summed E-state index contributed by atoms with van der Waals surface area (Å²) in [4.78, 5) is 2.21. The number of likely N-dealkylation sites (N-methyl/N-ethyl adjacent to an activating group) is 1. The summed E-state index contributed by atoms with van der Waals surface area (Å²) in [6.07, 6.45) is -3.24. The largest absolute Gasteiger partial charge is 0.416 e. The van der Waals surface area contributed by atoms with E-state index in [4.69, 9.17) is 0 Å². The molecule has 1 aromatic carbocycles. The summed E-state index contributed by atoms with van der Waals surface area (Å²) in [6.45, 7) is 5.79. The van der Waals surface area contributed by atoms with Crippen LogP contribution in [0, 0.1) is 0 Å². The normalized spacial score (nSPS) is 13.6. The molecule has 20 heavy (non-hydrogen) atoms. The lowest BCUT2D eigenvalue weighted by Gasteiger charge is -2.23. The number of hydrogen-bond donors (Lipinski definition) is 1. The van der Waals surface area contributed by atoms with Crippen LogP contribution in [0.5, 0.6) is 0 Å². The van der Waals surface area contributed by atoms with E-state index in [0.717, 1.165) is 25.1 Å². The number of nitrogens with zero attached hydrogens (tertiary/aromatic N) is 1. The molecular weight excluding hydrogens is 333 g/mol. The summed E-state index contributed by atoms with van der Waals surface area (Å²) in [5.41, 5.74) is 0.0298. The van der Waals surface area contributed by atoms with Crippen LogP contribution >= 0.6 is 15.9 Å². The second-order valence-corrected chi connectivity index (χ2v) is 5.71. The number of nitrogens with one attached hydrogen (secondary N) is 1. The van der Waals surface area contributed by atoms with Crippen LogP contribution in [0.4, 0.5) is 18.9 Å². The van der Waals surface area contributed by atoms with Crippen molar-refractivity contribution >= 4 is 21.6 Å². The lowest BCUT2D eigenvalue weighted by molar-refractivity contribution is -0.137. The van der Waals surface area contributed by atoms with E-state index >= 15 is 0 Å². The van der Waals surface area contributed by atoms with Crippen molar-refractivity contribution in [3.05, 3.63) is 28.2 Å². The molecule has 0 aliphatic carbocycles. The van der Waals surface area contributed by atoms with Crippen molar-refractivity contribution in [2.75, 3.05) is 25.5 Å². The van der Waals surface area contributed by atoms with Crippen molar-refractivity contribution in [2.24, 2.45) is 0 Å². The van der Waals surface area contributed by atoms with E-state index in [9.17, 15) is 13.2 Å². The van der Waals surface area contributed by atoms with Crippen molar-refractivity contribution in [3.8, 4) is 0 Å². The van der Waals surface area contributed by atoms with Crippen molar-refractivity contribution in [1.82, 2.24) is 4.90 Å². The predicted octanol–water partition coefficient (Wildman–Crippen LogP) is 4.61. The number of alkyl halides is 3. The Bertz CT molecular complexity index is 435. The van der Waals surface area contributed by atoms with Gasteiger partial charge in [0.15, 0.2) is 0 Å². The van der Waals surface area contributed by atoms with Crippen LogP contribution in [-0.4, -0.2) is 31.1 Å². The van der Waals surface area contributed by atoms with Gasteiger partial charge < -0.3 is 10.2 Å². The molecule has 6 heteroatoms. The van der Waals surface area contributed by atoms with Crippen molar-refractivity contribution in [1.29, 1.82) is 0 Å². The minimum absolute atomic E-state index is 0.429. The van der Waals surface area contributed by atoms with Crippen LogP contribution in [0.1, 0.15) is 25.8 Å². The van der Waals surface area contributed by atoms with Gasteiger partial charge in [-0.25, -0.2) is 0 Å². The molecule has 0 aromatic heterocycles. The molecule has 0 aliphatic heterocycles. The highest BCUT2D eigenvalue weighted by Gasteiger charge is 2.30. The third-order valence-corrected chi connectivity index (χ3v) is 4.08. The Morgan fingerprint density at radius 3 is 2.50 bits per heavy atom. The summed E-state index contributed by atoms with van der Waals surface area (Å²) in [7, 11) is 2.04. The van der Waals surface area contributed by atoms with E-state index in [0.29, 0.717) is 22.7 Å². The molecule has 0 aliphatic rings. The van der Waals surface area contributed by atoms with Gasteiger partial charge in [0, 0.05) is 29.3 Å². The second kappa shape index (κ2) is 7.31. The summed E-state index contributed by atoms with van der Waals surface area (Å²) < 4.78 is 38.0. The van der Waals surface area contributed by atoms with E-state index in [2.05, 4.69) is 40.0 Å². The first-order chi connectivity index (χ1) is 9.25. The average molecular weight is 353 g/mol. The first kappa shape index (κ1) is 17.3. The van der Waals surface area contributed by atoms with Crippen molar-refractivity contribution in [3.63, 3.8) is 0 Å². The zero-order chi connectivity index (χ0) is 15.3. The quantitative estimate of drug-likeness (QED) is 0.804. The predicted molar refractivity (Wildman–Crippen MR) is 80.0 cm³/mol. The molecular formula is C14H20BrF3N2. The standard InChI is InChI=1S/C14H20BrF3N2/c1-4-10(2)20(3)8-7-19-13-6-5-11(9-12(13)15)14(16,17)18/h5-6,9-10,19H,4,7-8H2,1-3H3. The van der Waals surface area contributed by atoms with E-state index < -0.39 is 11.7 Å². The van der Waals surface area contributed by atoms with Gasteiger partial charge in [-0.1, -0.05) is 6.92 Å². The van der Waals surface area contributed by atoms with Crippen LogP contribution < -0.4 is 5.32 Å². The summed E-state index contributed by atoms with van der Waals surface area (Å²) in [6, 6.07) is 4.13. The number of anilines is 1.